The highest BCUT2D eigenvalue weighted by molar-refractivity contribution is 5.61. The molecule has 1 unspecified atom stereocenters. The van der Waals surface area contributed by atoms with Gasteiger partial charge in [-0.2, -0.15) is 0 Å². The minimum absolute atomic E-state index is 0.200. The lowest BCUT2D eigenvalue weighted by molar-refractivity contribution is 0.142. The molecule has 0 aliphatic carbocycles. The van der Waals surface area contributed by atoms with Crippen molar-refractivity contribution in [3.8, 4) is 5.88 Å². The van der Waals surface area contributed by atoms with Crippen LogP contribution in [0.5, 0.6) is 5.88 Å². The molecule has 0 saturated heterocycles. The summed E-state index contributed by atoms with van der Waals surface area (Å²) in [6.45, 7) is 2.08. The van der Waals surface area contributed by atoms with Gasteiger partial charge in [0.25, 0.3) is 0 Å². The van der Waals surface area contributed by atoms with Crippen LogP contribution in [-0.2, 0) is 6.42 Å². The molecule has 1 N–H and O–H groups in total. The van der Waals surface area contributed by atoms with Crippen LogP contribution >= 0.6 is 0 Å². The fourth-order valence-corrected chi connectivity index (χ4v) is 2.53. The first-order valence-electron chi connectivity index (χ1n) is 7.56. The number of aryl methyl sites for hydroxylation is 1. The lowest BCUT2D eigenvalue weighted by Crippen LogP contribution is -2.08. The molecule has 4 heteroatoms. The third-order valence-corrected chi connectivity index (χ3v) is 3.71. The predicted octanol–water partition coefficient (Wildman–Crippen LogP) is 4.65. The molecule has 2 aromatic rings. The summed E-state index contributed by atoms with van der Waals surface area (Å²) in [6.07, 6.45) is 4.47. The molecule has 1 aromatic heterocycles. The average Bonchev–Trinajstić information content (AvgIpc) is 2.52. The zero-order chi connectivity index (χ0) is 15.8. The zero-order valence-electron chi connectivity index (χ0n) is 12.7. The number of rotatable bonds is 7. The Morgan fingerprint density at radius 1 is 1.18 bits per heavy atom. The second-order valence-corrected chi connectivity index (χ2v) is 5.40. The first-order valence-corrected chi connectivity index (χ1v) is 7.56. The standard InChI is InChI=1S/C18H21NO3/c1-14(8-5-6-11-15-9-3-2-4-10-15)16-12-7-13-19-17(16)22-18(20)21/h2-4,7,9-10,12-14H,5-6,8,11H2,1H3,(H,20,21). The fourth-order valence-electron chi connectivity index (χ4n) is 2.53. The van der Waals surface area contributed by atoms with Gasteiger partial charge in [-0.3, -0.25) is 0 Å². The van der Waals surface area contributed by atoms with Crippen molar-refractivity contribution in [2.24, 2.45) is 0 Å². The number of carbonyl (C=O) groups is 1. The largest absolute Gasteiger partial charge is 0.512 e. The van der Waals surface area contributed by atoms with Crippen LogP contribution in [0.25, 0.3) is 0 Å². The van der Waals surface area contributed by atoms with Gasteiger partial charge in [0.15, 0.2) is 0 Å². The van der Waals surface area contributed by atoms with Crippen LogP contribution in [0.4, 0.5) is 4.79 Å². The molecule has 0 bridgehead atoms. The Morgan fingerprint density at radius 2 is 1.95 bits per heavy atom. The van der Waals surface area contributed by atoms with E-state index in [0.29, 0.717) is 0 Å². The summed E-state index contributed by atoms with van der Waals surface area (Å²) in [4.78, 5) is 14.7. The number of nitrogens with zero attached hydrogens (tertiary/aromatic N) is 1. The van der Waals surface area contributed by atoms with Crippen molar-refractivity contribution in [1.29, 1.82) is 0 Å². The van der Waals surface area contributed by atoms with Crippen molar-refractivity contribution < 1.29 is 14.6 Å². The van der Waals surface area contributed by atoms with Crippen LogP contribution in [0.15, 0.2) is 48.7 Å². The first-order chi connectivity index (χ1) is 10.7. The van der Waals surface area contributed by atoms with E-state index < -0.39 is 6.16 Å². The Kier molecular flexibility index (Phi) is 5.95. The smallest absolute Gasteiger partial charge is 0.449 e. The third kappa shape index (κ3) is 4.88. The number of hydrogen-bond acceptors (Lipinski definition) is 3. The monoisotopic (exact) mass is 299 g/mol. The highest BCUT2D eigenvalue weighted by Gasteiger charge is 2.14. The molecular formula is C18H21NO3. The van der Waals surface area contributed by atoms with Crippen molar-refractivity contribution >= 4 is 6.16 Å². The average molecular weight is 299 g/mol. The molecule has 0 saturated carbocycles. The lowest BCUT2D eigenvalue weighted by atomic mass is 9.95. The van der Waals surface area contributed by atoms with E-state index in [1.54, 1.807) is 6.20 Å². The van der Waals surface area contributed by atoms with Crippen LogP contribution in [-0.4, -0.2) is 16.2 Å². The van der Waals surface area contributed by atoms with Crippen LogP contribution in [0, 0.1) is 0 Å². The number of ether oxygens (including phenoxy) is 1. The highest BCUT2D eigenvalue weighted by atomic mass is 16.7. The number of unbranched alkanes of at least 4 members (excludes halogenated alkanes) is 1. The topological polar surface area (TPSA) is 59.4 Å². The van der Waals surface area contributed by atoms with Crippen molar-refractivity contribution in [2.75, 3.05) is 0 Å². The summed E-state index contributed by atoms with van der Waals surface area (Å²) in [6, 6.07) is 14.1. The van der Waals surface area contributed by atoms with E-state index in [0.717, 1.165) is 31.2 Å². The van der Waals surface area contributed by atoms with Gasteiger partial charge in [0.05, 0.1) is 0 Å². The highest BCUT2D eigenvalue weighted by Crippen LogP contribution is 2.28. The molecule has 0 amide bonds. The molecule has 1 atom stereocenters. The summed E-state index contributed by atoms with van der Waals surface area (Å²) in [5, 5.41) is 8.75. The molecule has 2 rings (SSSR count). The second-order valence-electron chi connectivity index (χ2n) is 5.40. The minimum atomic E-state index is -1.32. The van der Waals surface area contributed by atoms with E-state index in [4.69, 9.17) is 9.84 Å². The second kappa shape index (κ2) is 8.17. The van der Waals surface area contributed by atoms with Gasteiger partial charge < -0.3 is 9.84 Å². The van der Waals surface area contributed by atoms with Crippen LogP contribution in [0.1, 0.15) is 43.2 Å². The third-order valence-electron chi connectivity index (χ3n) is 3.71. The SMILES string of the molecule is CC(CCCCc1ccccc1)c1cccnc1OC(=O)O. The lowest BCUT2D eigenvalue weighted by Gasteiger charge is -2.14. The van der Waals surface area contributed by atoms with Gasteiger partial charge in [-0.25, -0.2) is 9.78 Å². The predicted molar refractivity (Wildman–Crippen MR) is 85.3 cm³/mol. The van der Waals surface area contributed by atoms with E-state index in [1.807, 2.05) is 18.2 Å². The summed E-state index contributed by atoms with van der Waals surface area (Å²) in [5.74, 6) is 0.421. The van der Waals surface area contributed by atoms with Gasteiger partial charge >= 0.3 is 6.16 Å². The van der Waals surface area contributed by atoms with Crippen LogP contribution < -0.4 is 4.74 Å². The maximum atomic E-state index is 10.7. The molecule has 0 fully saturated rings. The summed E-state index contributed by atoms with van der Waals surface area (Å²) in [7, 11) is 0. The van der Waals surface area contributed by atoms with Gasteiger partial charge in [0.2, 0.25) is 5.88 Å². The Labute approximate surface area is 130 Å². The summed E-state index contributed by atoms with van der Waals surface area (Å²) < 4.78 is 4.75. The Balaban J connectivity index is 1.84. The van der Waals surface area contributed by atoms with Gasteiger partial charge in [0.1, 0.15) is 0 Å². The fraction of sp³-hybridized carbons (Fsp3) is 0.333. The van der Waals surface area contributed by atoms with Gasteiger partial charge in [-0.15, -0.1) is 0 Å². The molecule has 1 aromatic carbocycles. The molecule has 116 valence electrons. The quantitative estimate of drug-likeness (QED) is 0.597. The van der Waals surface area contributed by atoms with E-state index in [9.17, 15) is 4.79 Å². The van der Waals surface area contributed by atoms with Crippen molar-refractivity contribution in [3.63, 3.8) is 0 Å². The minimum Gasteiger partial charge on any atom is -0.449 e. The number of hydrogen-bond donors (Lipinski definition) is 1. The molecule has 0 radical (unpaired) electrons. The van der Waals surface area contributed by atoms with E-state index in [1.165, 1.54) is 5.56 Å². The summed E-state index contributed by atoms with van der Waals surface area (Å²) in [5.41, 5.74) is 2.20. The molecule has 0 spiro atoms. The van der Waals surface area contributed by atoms with Crippen molar-refractivity contribution in [2.45, 2.75) is 38.5 Å². The zero-order valence-corrected chi connectivity index (χ0v) is 12.7. The number of benzene rings is 1. The maximum absolute atomic E-state index is 10.7. The normalized spacial score (nSPS) is 11.9. The molecule has 0 aliphatic rings. The number of aromatic nitrogens is 1. The van der Waals surface area contributed by atoms with Gasteiger partial charge in [0, 0.05) is 11.8 Å². The molecule has 22 heavy (non-hydrogen) atoms. The van der Waals surface area contributed by atoms with Crippen molar-refractivity contribution in [1.82, 2.24) is 4.98 Å². The van der Waals surface area contributed by atoms with E-state index in [-0.39, 0.29) is 11.8 Å². The van der Waals surface area contributed by atoms with E-state index in [2.05, 4.69) is 36.2 Å². The van der Waals surface area contributed by atoms with Crippen LogP contribution in [0.3, 0.4) is 0 Å². The maximum Gasteiger partial charge on any atom is 0.512 e. The Hall–Kier alpha value is -2.36. The Morgan fingerprint density at radius 3 is 2.68 bits per heavy atom. The van der Waals surface area contributed by atoms with Crippen LogP contribution in [0.2, 0.25) is 0 Å². The number of pyridine rings is 1. The molecular weight excluding hydrogens is 278 g/mol. The molecule has 4 nitrogen and oxygen atoms in total. The van der Waals surface area contributed by atoms with Gasteiger partial charge in [-0.1, -0.05) is 49.7 Å². The van der Waals surface area contributed by atoms with E-state index >= 15 is 0 Å². The first kappa shape index (κ1) is 16.0. The summed E-state index contributed by atoms with van der Waals surface area (Å²) >= 11 is 0. The Bertz CT molecular complexity index is 598. The molecule has 0 aliphatic heterocycles. The number of carboxylic acid groups (broad SMARTS) is 1. The molecule has 1 heterocycles. The van der Waals surface area contributed by atoms with Gasteiger partial charge in [-0.05, 0) is 36.8 Å². The van der Waals surface area contributed by atoms with Crippen molar-refractivity contribution in [3.05, 3.63) is 59.8 Å².